The molecule has 6 nitrogen and oxygen atoms in total. The summed E-state index contributed by atoms with van der Waals surface area (Å²) in [5, 5.41) is 0. The van der Waals surface area contributed by atoms with E-state index in [1.807, 2.05) is 0 Å². The Bertz CT molecular complexity index is 683. The summed E-state index contributed by atoms with van der Waals surface area (Å²) in [6.45, 7) is 3.45. The first-order valence-electron chi connectivity index (χ1n) is 9.01. The molecule has 140 valence electrons. The molecule has 0 N–H and O–H groups in total. The zero-order valence-corrected chi connectivity index (χ0v) is 14.8. The Balaban J connectivity index is 1.57. The highest BCUT2D eigenvalue weighted by atomic mass is 19.1. The van der Waals surface area contributed by atoms with Gasteiger partial charge in [-0.25, -0.2) is 4.39 Å². The van der Waals surface area contributed by atoms with Crippen molar-refractivity contribution in [2.45, 2.75) is 26.2 Å². The van der Waals surface area contributed by atoms with E-state index in [1.54, 1.807) is 24.0 Å². The third-order valence-corrected chi connectivity index (χ3v) is 5.04. The minimum Gasteiger partial charge on any atom is -0.466 e. The van der Waals surface area contributed by atoms with Crippen LogP contribution in [-0.2, 0) is 19.1 Å². The van der Waals surface area contributed by atoms with Crippen LogP contribution in [0.3, 0.4) is 0 Å². The van der Waals surface area contributed by atoms with Crippen LogP contribution in [0.5, 0.6) is 0 Å². The molecule has 1 atom stereocenters. The molecule has 7 heteroatoms. The third-order valence-electron chi connectivity index (χ3n) is 5.04. The SMILES string of the molecule is CCOC(=O)C1CCN(C(=O)[C@H]2CC(=O)N(c3ccc(F)cc3)C2)CC1. The first-order valence-corrected chi connectivity index (χ1v) is 9.01. The molecule has 0 unspecified atom stereocenters. The third kappa shape index (κ3) is 3.86. The maximum Gasteiger partial charge on any atom is 0.309 e. The Morgan fingerprint density at radius 1 is 1.15 bits per heavy atom. The van der Waals surface area contributed by atoms with E-state index in [2.05, 4.69) is 0 Å². The monoisotopic (exact) mass is 362 g/mol. The minimum absolute atomic E-state index is 0.0507. The lowest BCUT2D eigenvalue weighted by Crippen LogP contribution is -2.44. The van der Waals surface area contributed by atoms with Crippen LogP contribution in [0.15, 0.2) is 24.3 Å². The zero-order valence-electron chi connectivity index (χ0n) is 14.8. The topological polar surface area (TPSA) is 66.9 Å². The van der Waals surface area contributed by atoms with Gasteiger partial charge in [-0.1, -0.05) is 0 Å². The largest absolute Gasteiger partial charge is 0.466 e. The van der Waals surface area contributed by atoms with E-state index in [4.69, 9.17) is 4.74 Å². The van der Waals surface area contributed by atoms with Crippen LogP contribution in [0.1, 0.15) is 26.2 Å². The van der Waals surface area contributed by atoms with Crippen LogP contribution < -0.4 is 4.90 Å². The molecule has 0 bridgehead atoms. The number of esters is 1. The Morgan fingerprint density at radius 2 is 1.81 bits per heavy atom. The van der Waals surface area contributed by atoms with Crippen LogP contribution in [0.25, 0.3) is 0 Å². The molecule has 0 saturated carbocycles. The quantitative estimate of drug-likeness (QED) is 0.768. The van der Waals surface area contributed by atoms with Crippen LogP contribution in [0, 0.1) is 17.7 Å². The standard InChI is InChI=1S/C19H23FN2O4/c1-2-26-19(25)13-7-9-21(10-8-13)18(24)14-11-17(23)22(12-14)16-5-3-15(20)4-6-16/h3-6,13-14H,2,7-12H2,1H3/t14-/m0/s1. The number of anilines is 1. The van der Waals surface area contributed by atoms with Crippen LogP contribution in [0.4, 0.5) is 10.1 Å². The number of benzene rings is 1. The molecule has 2 fully saturated rings. The molecule has 0 spiro atoms. The molecular formula is C19H23FN2O4. The average molecular weight is 362 g/mol. The number of ether oxygens (including phenoxy) is 1. The van der Waals surface area contributed by atoms with Crippen molar-refractivity contribution in [1.82, 2.24) is 4.90 Å². The highest BCUT2D eigenvalue weighted by molar-refractivity contribution is 6.00. The second-order valence-electron chi connectivity index (χ2n) is 6.73. The van der Waals surface area contributed by atoms with Gasteiger partial charge in [-0.2, -0.15) is 0 Å². The Labute approximate surface area is 151 Å². The van der Waals surface area contributed by atoms with Crippen LogP contribution in [-0.4, -0.2) is 48.9 Å². The van der Waals surface area contributed by atoms with Crippen LogP contribution in [0.2, 0.25) is 0 Å². The van der Waals surface area contributed by atoms with Crippen molar-refractivity contribution >= 4 is 23.5 Å². The van der Waals surface area contributed by atoms with Gasteiger partial charge in [0.25, 0.3) is 0 Å². The summed E-state index contributed by atoms with van der Waals surface area (Å²) in [5.74, 6) is -1.29. The van der Waals surface area contributed by atoms with E-state index in [-0.39, 0.29) is 35.9 Å². The maximum atomic E-state index is 13.1. The second kappa shape index (κ2) is 7.85. The lowest BCUT2D eigenvalue weighted by Gasteiger charge is -2.32. The molecule has 0 aliphatic carbocycles. The summed E-state index contributed by atoms with van der Waals surface area (Å²) in [4.78, 5) is 40.1. The summed E-state index contributed by atoms with van der Waals surface area (Å²) in [5.41, 5.74) is 0.604. The predicted molar refractivity (Wildman–Crippen MR) is 92.8 cm³/mol. The van der Waals surface area contributed by atoms with E-state index in [0.717, 1.165) is 0 Å². The number of carbonyl (C=O) groups is 3. The normalized spacial score (nSPS) is 21.2. The van der Waals surface area contributed by atoms with Crippen molar-refractivity contribution in [2.75, 3.05) is 31.1 Å². The van der Waals surface area contributed by atoms with E-state index in [9.17, 15) is 18.8 Å². The van der Waals surface area contributed by atoms with E-state index >= 15 is 0 Å². The van der Waals surface area contributed by atoms with Gasteiger partial charge in [0.1, 0.15) is 5.82 Å². The summed E-state index contributed by atoms with van der Waals surface area (Å²) in [7, 11) is 0. The number of carbonyl (C=O) groups excluding carboxylic acids is 3. The van der Waals surface area contributed by atoms with Gasteiger partial charge < -0.3 is 14.5 Å². The molecule has 0 radical (unpaired) electrons. The first kappa shape index (κ1) is 18.4. The fourth-order valence-electron chi connectivity index (χ4n) is 3.60. The molecule has 3 rings (SSSR count). The van der Waals surface area contributed by atoms with Gasteiger partial charge >= 0.3 is 5.97 Å². The van der Waals surface area contributed by atoms with Gasteiger partial charge in [-0.3, -0.25) is 14.4 Å². The van der Waals surface area contributed by atoms with Gasteiger partial charge in [0.2, 0.25) is 11.8 Å². The van der Waals surface area contributed by atoms with Crippen molar-refractivity contribution in [3.63, 3.8) is 0 Å². The fraction of sp³-hybridized carbons (Fsp3) is 0.526. The number of rotatable bonds is 4. The molecule has 2 saturated heterocycles. The fourth-order valence-corrected chi connectivity index (χ4v) is 3.60. The Hall–Kier alpha value is -2.44. The average Bonchev–Trinajstić information content (AvgIpc) is 3.04. The van der Waals surface area contributed by atoms with E-state index < -0.39 is 5.92 Å². The highest BCUT2D eigenvalue weighted by Gasteiger charge is 2.38. The molecule has 2 heterocycles. The number of halogens is 1. The summed E-state index contributed by atoms with van der Waals surface area (Å²) < 4.78 is 18.1. The van der Waals surface area contributed by atoms with Gasteiger partial charge in [0, 0.05) is 31.7 Å². The number of likely N-dealkylation sites (tertiary alicyclic amines) is 1. The molecule has 1 aromatic rings. The van der Waals surface area contributed by atoms with Crippen molar-refractivity contribution in [2.24, 2.45) is 11.8 Å². The van der Waals surface area contributed by atoms with Crippen molar-refractivity contribution in [3.8, 4) is 0 Å². The number of piperidine rings is 1. The highest BCUT2D eigenvalue weighted by Crippen LogP contribution is 2.28. The van der Waals surface area contributed by atoms with Gasteiger partial charge in [-0.05, 0) is 44.0 Å². The van der Waals surface area contributed by atoms with Crippen molar-refractivity contribution in [3.05, 3.63) is 30.1 Å². The van der Waals surface area contributed by atoms with Gasteiger partial charge in [-0.15, -0.1) is 0 Å². The lowest BCUT2D eigenvalue weighted by molar-refractivity contribution is -0.151. The number of hydrogen-bond donors (Lipinski definition) is 0. The summed E-state index contributed by atoms with van der Waals surface area (Å²) in [6, 6.07) is 5.70. The van der Waals surface area contributed by atoms with Crippen LogP contribution >= 0.6 is 0 Å². The predicted octanol–water partition coefficient (Wildman–Crippen LogP) is 1.98. The zero-order chi connectivity index (χ0) is 18.7. The number of nitrogens with zero attached hydrogens (tertiary/aromatic N) is 2. The van der Waals surface area contributed by atoms with E-state index in [0.29, 0.717) is 44.8 Å². The van der Waals surface area contributed by atoms with Gasteiger partial charge in [0.15, 0.2) is 0 Å². The summed E-state index contributed by atoms with van der Waals surface area (Å²) >= 11 is 0. The smallest absolute Gasteiger partial charge is 0.309 e. The summed E-state index contributed by atoms with van der Waals surface area (Å²) in [6.07, 6.45) is 1.34. The minimum atomic E-state index is -0.397. The molecule has 2 aliphatic heterocycles. The van der Waals surface area contributed by atoms with Crippen molar-refractivity contribution < 1.29 is 23.5 Å². The Kier molecular flexibility index (Phi) is 5.54. The lowest BCUT2D eigenvalue weighted by atomic mass is 9.95. The number of amides is 2. The second-order valence-corrected chi connectivity index (χ2v) is 6.73. The molecule has 0 aromatic heterocycles. The number of hydrogen-bond acceptors (Lipinski definition) is 4. The van der Waals surface area contributed by atoms with Gasteiger partial charge in [0.05, 0.1) is 18.4 Å². The molecule has 1 aromatic carbocycles. The molecule has 2 aliphatic rings. The maximum absolute atomic E-state index is 13.1. The van der Waals surface area contributed by atoms with E-state index in [1.165, 1.54) is 17.0 Å². The molecule has 26 heavy (non-hydrogen) atoms. The molecule has 2 amide bonds. The van der Waals surface area contributed by atoms with Crippen molar-refractivity contribution in [1.29, 1.82) is 0 Å². The molecular weight excluding hydrogens is 339 g/mol. The first-order chi connectivity index (χ1) is 12.5. The Morgan fingerprint density at radius 3 is 2.42 bits per heavy atom.